The first-order chi connectivity index (χ1) is 13.9. The third-order valence-corrected chi connectivity index (χ3v) is 4.92. The minimum atomic E-state index is -0.182. The lowest BCUT2D eigenvalue weighted by Gasteiger charge is -2.28. The van der Waals surface area contributed by atoms with E-state index in [1.165, 1.54) is 0 Å². The SMILES string of the molecule is CC(C)(C)c1cc(CNc2nc(N)nc(-c3ccccc3)n2)cc(C(C)(C)C)c1O. The Labute approximate surface area is 178 Å². The van der Waals surface area contributed by atoms with Crippen LogP contribution in [0.25, 0.3) is 11.4 Å². The maximum atomic E-state index is 10.9. The van der Waals surface area contributed by atoms with Gasteiger partial charge in [-0.1, -0.05) is 71.9 Å². The molecule has 0 spiro atoms. The summed E-state index contributed by atoms with van der Waals surface area (Å²) in [5.74, 6) is 1.49. The Kier molecular flexibility index (Phi) is 5.70. The van der Waals surface area contributed by atoms with Crippen LogP contribution in [0.5, 0.6) is 5.75 Å². The molecule has 158 valence electrons. The quantitative estimate of drug-likeness (QED) is 0.563. The summed E-state index contributed by atoms with van der Waals surface area (Å²) >= 11 is 0. The number of aromatic hydroxyl groups is 1. The van der Waals surface area contributed by atoms with E-state index in [-0.39, 0.29) is 16.8 Å². The second-order valence-corrected chi connectivity index (χ2v) is 9.60. The van der Waals surface area contributed by atoms with Crippen molar-refractivity contribution in [2.75, 3.05) is 11.1 Å². The summed E-state index contributed by atoms with van der Waals surface area (Å²) in [6.45, 7) is 13.1. The molecule has 0 amide bonds. The molecule has 2 aromatic carbocycles. The first kappa shape index (κ1) is 21.6. The molecule has 6 heteroatoms. The number of nitrogens with zero attached hydrogens (tertiary/aromatic N) is 3. The van der Waals surface area contributed by atoms with Crippen LogP contribution < -0.4 is 11.1 Å². The normalized spacial score (nSPS) is 12.1. The average Bonchev–Trinajstić information content (AvgIpc) is 2.65. The molecule has 0 aliphatic rings. The highest BCUT2D eigenvalue weighted by atomic mass is 16.3. The van der Waals surface area contributed by atoms with Crippen LogP contribution in [0.2, 0.25) is 0 Å². The van der Waals surface area contributed by atoms with Gasteiger partial charge in [-0.15, -0.1) is 0 Å². The molecule has 0 unspecified atom stereocenters. The van der Waals surface area contributed by atoms with Gasteiger partial charge in [0.2, 0.25) is 11.9 Å². The Bertz CT molecular complexity index is 999. The number of aromatic nitrogens is 3. The van der Waals surface area contributed by atoms with Crippen LogP contribution in [0, 0.1) is 0 Å². The summed E-state index contributed by atoms with van der Waals surface area (Å²) in [6.07, 6.45) is 0. The Morgan fingerprint density at radius 1 is 0.867 bits per heavy atom. The first-order valence-corrected chi connectivity index (χ1v) is 10.1. The highest BCUT2D eigenvalue weighted by molar-refractivity contribution is 5.57. The van der Waals surface area contributed by atoms with Gasteiger partial charge >= 0.3 is 0 Å². The zero-order valence-corrected chi connectivity index (χ0v) is 18.6. The van der Waals surface area contributed by atoms with Gasteiger partial charge in [-0.3, -0.25) is 0 Å². The number of benzene rings is 2. The number of hydrogen-bond acceptors (Lipinski definition) is 6. The zero-order chi connectivity index (χ0) is 22.1. The van der Waals surface area contributed by atoms with Crippen molar-refractivity contribution < 1.29 is 5.11 Å². The average molecular weight is 406 g/mol. The zero-order valence-electron chi connectivity index (χ0n) is 18.6. The van der Waals surface area contributed by atoms with Crippen LogP contribution in [-0.2, 0) is 17.4 Å². The lowest BCUT2D eigenvalue weighted by atomic mass is 9.78. The molecule has 0 aliphatic heterocycles. The third kappa shape index (κ3) is 4.87. The molecular weight excluding hydrogens is 374 g/mol. The van der Waals surface area contributed by atoms with E-state index < -0.39 is 0 Å². The predicted octanol–water partition coefficient (Wildman–Crippen LogP) is 5.03. The van der Waals surface area contributed by atoms with Crippen LogP contribution in [-0.4, -0.2) is 20.1 Å². The number of phenolic OH excluding ortho intramolecular Hbond substituents is 1. The number of nitrogens with two attached hydrogens (primary N) is 1. The Morgan fingerprint density at radius 3 is 1.97 bits per heavy atom. The molecule has 1 aromatic heterocycles. The van der Waals surface area contributed by atoms with Gasteiger partial charge < -0.3 is 16.2 Å². The Morgan fingerprint density at radius 2 is 1.43 bits per heavy atom. The van der Waals surface area contributed by atoms with E-state index in [1.807, 2.05) is 42.5 Å². The summed E-state index contributed by atoms with van der Waals surface area (Å²) in [5, 5.41) is 14.2. The van der Waals surface area contributed by atoms with Crippen molar-refractivity contribution in [3.8, 4) is 17.1 Å². The highest BCUT2D eigenvalue weighted by Gasteiger charge is 2.26. The molecule has 0 saturated heterocycles. The monoisotopic (exact) mass is 405 g/mol. The summed E-state index contributed by atoms with van der Waals surface area (Å²) in [5.41, 5.74) is 9.32. The topological polar surface area (TPSA) is 97.0 Å². The van der Waals surface area contributed by atoms with Crippen LogP contribution in [0.3, 0.4) is 0 Å². The molecule has 0 bridgehead atoms. The summed E-state index contributed by atoms with van der Waals surface area (Å²) in [7, 11) is 0. The van der Waals surface area contributed by atoms with Crippen LogP contribution in [0.4, 0.5) is 11.9 Å². The third-order valence-electron chi connectivity index (χ3n) is 4.92. The molecule has 3 rings (SSSR count). The van der Waals surface area contributed by atoms with Crippen LogP contribution >= 0.6 is 0 Å². The van der Waals surface area contributed by atoms with Crippen molar-refractivity contribution in [3.05, 3.63) is 59.2 Å². The van der Waals surface area contributed by atoms with Gasteiger partial charge in [0.15, 0.2) is 5.82 Å². The second kappa shape index (κ2) is 7.94. The van der Waals surface area contributed by atoms with E-state index in [2.05, 4.69) is 61.8 Å². The minimum absolute atomic E-state index is 0.169. The maximum absolute atomic E-state index is 10.9. The second-order valence-electron chi connectivity index (χ2n) is 9.60. The van der Waals surface area contributed by atoms with Gasteiger partial charge in [0, 0.05) is 12.1 Å². The number of phenols is 1. The first-order valence-electron chi connectivity index (χ1n) is 10.1. The van der Waals surface area contributed by atoms with Crippen molar-refractivity contribution >= 4 is 11.9 Å². The van der Waals surface area contributed by atoms with Gasteiger partial charge in [-0.05, 0) is 39.7 Å². The summed E-state index contributed by atoms with van der Waals surface area (Å²) < 4.78 is 0. The van der Waals surface area contributed by atoms with E-state index in [4.69, 9.17) is 5.73 Å². The van der Waals surface area contributed by atoms with E-state index in [1.54, 1.807) is 0 Å². The largest absolute Gasteiger partial charge is 0.507 e. The summed E-state index contributed by atoms with van der Waals surface area (Å²) in [4.78, 5) is 13.0. The number of hydrogen-bond donors (Lipinski definition) is 3. The molecular formula is C24H31N5O. The number of anilines is 2. The number of nitrogen functional groups attached to an aromatic ring is 1. The molecule has 1 heterocycles. The van der Waals surface area contributed by atoms with Gasteiger partial charge in [0.1, 0.15) is 5.75 Å². The minimum Gasteiger partial charge on any atom is -0.507 e. The van der Waals surface area contributed by atoms with Gasteiger partial charge in [-0.25, -0.2) is 0 Å². The Hall–Kier alpha value is -3.15. The molecule has 0 aliphatic carbocycles. The molecule has 0 fully saturated rings. The number of nitrogens with one attached hydrogen (secondary N) is 1. The van der Waals surface area contributed by atoms with Crippen molar-refractivity contribution in [1.82, 2.24) is 15.0 Å². The highest BCUT2D eigenvalue weighted by Crippen LogP contribution is 2.39. The number of rotatable bonds is 4. The lowest BCUT2D eigenvalue weighted by Crippen LogP contribution is -2.18. The van der Waals surface area contributed by atoms with E-state index >= 15 is 0 Å². The van der Waals surface area contributed by atoms with Gasteiger partial charge in [-0.2, -0.15) is 15.0 Å². The molecule has 4 N–H and O–H groups in total. The Balaban J connectivity index is 1.93. The van der Waals surface area contributed by atoms with E-state index in [0.29, 0.717) is 24.1 Å². The lowest BCUT2D eigenvalue weighted by molar-refractivity contribution is 0.423. The molecule has 3 aromatic rings. The molecule has 0 atom stereocenters. The van der Waals surface area contributed by atoms with Crippen molar-refractivity contribution in [2.24, 2.45) is 0 Å². The van der Waals surface area contributed by atoms with Crippen LogP contribution in [0.15, 0.2) is 42.5 Å². The fourth-order valence-corrected chi connectivity index (χ4v) is 3.31. The van der Waals surface area contributed by atoms with Gasteiger partial charge in [0.05, 0.1) is 0 Å². The molecule has 6 nitrogen and oxygen atoms in total. The molecule has 0 saturated carbocycles. The van der Waals surface area contributed by atoms with Gasteiger partial charge in [0.25, 0.3) is 0 Å². The fraction of sp³-hybridized carbons (Fsp3) is 0.375. The van der Waals surface area contributed by atoms with E-state index in [0.717, 1.165) is 22.3 Å². The van der Waals surface area contributed by atoms with Crippen molar-refractivity contribution in [2.45, 2.75) is 58.9 Å². The standard InChI is InChI=1S/C24H31N5O/c1-23(2,3)17-12-15(13-18(19(17)30)24(4,5)6)14-26-22-28-20(27-21(25)29-22)16-10-8-7-9-11-16/h7-13,30H,14H2,1-6H3,(H3,25,26,27,28,29). The van der Waals surface area contributed by atoms with E-state index in [9.17, 15) is 5.11 Å². The summed E-state index contributed by atoms with van der Waals surface area (Å²) in [6, 6.07) is 13.8. The maximum Gasteiger partial charge on any atom is 0.228 e. The van der Waals surface area contributed by atoms with Crippen molar-refractivity contribution in [3.63, 3.8) is 0 Å². The van der Waals surface area contributed by atoms with Crippen LogP contribution in [0.1, 0.15) is 58.2 Å². The van der Waals surface area contributed by atoms with Crippen molar-refractivity contribution in [1.29, 1.82) is 0 Å². The fourth-order valence-electron chi connectivity index (χ4n) is 3.31. The predicted molar refractivity (Wildman–Crippen MR) is 123 cm³/mol. The molecule has 0 radical (unpaired) electrons. The molecule has 30 heavy (non-hydrogen) atoms. The smallest absolute Gasteiger partial charge is 0.228 e.